The van der Waals surface area contributed by atoms with E-state index in [1.54, 1.807) is 24.3 Å². The minimum atomic E-state index is -0.134. The number of hydrogen-bond acceptors (Lipinski definition) is 4. The van der Waals surface area contributed by atoms with Crippen LogP contribution in [0.25, 0.3) is 0 Å². The lowest BCUT2D eigenvalue weighted by Crippen LogP contribution is -2.14. The first-order valence-corrected chi connectivity index (χ1v) is 3.99. The molecule has 0 saturated carbocycles. The van der Waals surface area contributed by atoms with Crippen LogP contribution < -0.4 is 5.90 Å². The number of benzene rings is 1. The Morgan fingerprint density at radius 1 is 1.31 bits per heavy atom. The smallest absolute Gasteiger partial charge is 0.115 e. The van der Waals surface area contributed by atoms with Gasteiger partial charge in [-0.05, 0) is 17.7 Å². The molecule has 0 spiro atoms. The number of aliphatic hydroxyl groups excluding tert-OH is 1. The van der Waals surface area contributed by atoms with E-state index in [9.17, 15) is 0 Å². The molecule has 4 N–H and O–H groups in total. The molecular weight excluding hydrogens is 170 g/mol. The highest BCUT2D eigenvalue weighted by atomic mass is 16.6. The number of nitrogens with two attached hydrogens (primary N) is 1. The fraction of sp³-hybridized carbons (Fsp3) is 0.333. The topological polar surface area (TPSA) is 75.7 Å². The molecule has 0 aliphatic heterocycles. The van der Waals surface area contributed by atoms with Crippen LogP contribution in [0.2, 0.25) is 0 Å². The van der Waals surface area contributed by atoms with Gasteiger partial charge in [0.25, 0.3) is 0 Å². The van der Waals surface area contributed by atoms with Gasteiger partial charge < -0.3 is 15.1 Å². The van der Waals surface area contributed by atoms with Crippen molar-refractivity contribution in [2.45, 2.75) is 5.92 Å². The number of hydrogen-bond donors (Lipinski definition) is 3. The van der Waals surface area contributed by atoms with Crippen molar-refractivity contribution >= 4 is 0 Å². The molecule has 0 amide bonds. The largest absolute Gasteiger partial charge is 0.508 e. The highest BCUT2D eigenvalue weighted by Crippen LogP contribution is 2.18. The van der Waals surface area contributed by atoms with E-state index in [4.69, 9.17) is 16.1 Å². The van der Waals surface area contributed by atoms with Gasteiger partial charge in [-0.15, -0.1) is 0 Å². The summed E-state index contributed by atoms with van der Waals surface area (Å²) in [5, 5.41) is 18.0. The minimum Gasteiger partial charge on any atom is -0.508 e. The van der Waals surface area contributed by atoms with Gasteiger partial charge in [-0.3, -0.25) is 0 Å². The Labute approximate surface area is 76.5 Å². The van der Waals surface area contributed by atoms with Crippen molar-refractivity contribution in [1.29, 1.82) is 0 Å². The van der Waals surface area contributed by atoms with Gasteiger partial charge in [-0.25, -0.2) is 5.90 Å². The molecule has 1 unspecified atom stereocenters. The number of aliphatic hydroxyl groups is 1. The molecule has 1 aromatic carbocycles. The molecule has 4 heteroatoms. The third-order valence-corrected chi connectivity index (χ3v) is 1.88. The van der Waals surface area contributed by atoms with E-state index in [-0.39, 0.29) is 24.9 Å². The van der Waals surface area contributed by atoms with Crippen LogP contribution >= 0.6 is 0 Å². The number of aromatic hydroxyl groups is 1. The molecule has 4 nitrogen and oxygen atoms in total. The van der Waals surface area contributed by atoms with Gasteiger partial charge >= 0.3 is 0 Å². The summed E-state index contributed by atoms with van der Waals surface area (Å²) >= 11 is 0. The van der Waals surface area contributed by atoms with Crippen molar-refractivity contribution in [2.75, 3.05) is 13.2 Å². The molecule has 0 fully saturated rings. The first kappa shape index (κ1) is 9.98. The van der Waals surface area contributed by atoms with E-state index < -0.39 is 0 Å². The zero-order valence-electron chi connectivity index (χ0n) is 7.18. The van der Waals surface area contributed by atoms with Crippen LogP contribution in [0.4, 0.5) is 0 Å². The molecule has 1 rings (SSSR count). The molecule has 0 radical (unpaired) electrons. The van der Waals surface area contributed by atoms with Gasteiger partial charge in [0.15, 0.2) is 0 Å². The van der Waals surface area contributed by atoms with Crippen molar-refractivity contribution < 1.29 is 15.1 Å². The van der Waals surface area contributed by atoms with Crippen LogP contribution in [-0.2, 0) is 4.84 Å². The summed E-state index contributed by atoms with van der Waals surface area (Å²) in [6.07, 6.45) is 0. The van der Waals surface area contributed by atoms with Gasteiger partial charge in [-0.2, -0.15) is 0 Å². The van der Waals surface area contributed by atoms with Gasteiger partial charge in [0.1, 0.15) is 5.75 Å². The summed E-state index contributed by atoms with van der Waals surface area (Å²) in [4.78, 5) is 4.46. The monoisotopic (exact) mass is 183 g/mol. The lowest BCUT2D eigenvalue weighted by atomic mass is 10.0. The Balaban J connectivity index is 2.73. The second kappa shape index (κ2) is 4.81. The Morgan fingerprint density at radius 3 is 2.38 bits per heavy atom. The summed E-state index contributed by atoms with van der Waals surface area (Å²) in [7, 11) is 0. The number of phenolic OH excluding ortho intramolecular Hbond substituents is 1. The van der Waals surface area contributed by atoms with Gasteiger partial charge in [0.05, 0.1) is 13.2 Å². The zero-order valence-corrected chi connectivity index (χ0v) is 7.18. The van der Waals surface area contributed by atoms with Crippen molar-refractivity contribution in [1.82, 2.24) is 0 Å². The molecular formula is C9H13NO3. The molecule has 72 valence electrons. The molecule has 13 heavy (non-hydrogen) atoms. The SMILES string of the molecule is NOCC(CO)c1ccc(O)cc1. The molecule has 0 aromatic heterocycles. The first-order chi connectivity index (χ1) is 6.27. The average Bonchev–Trinajstić information content (AvgIpc) is 2.16. The lowest BCUT2D eigenvalue weighted by molar-refractivity contribution is 0.101. The van der Waals surface area contributed by atoms with Crippen molar-refractivity contribution in [3.63, 3.8) is 0 Å². The van der Waals surface area contributed by atoms with E-state index in [1.807, 2.05) is 0 Å². The maximum Gasteiger partial charge on any atom is 0.115 e. The third-order valence-electron chi connectivity index (χ3n) is 1.88. The van der Waals surface area contributed by atoms with Crippen LogP contribution in [0.3, 0.4) is 0 Å². The zero-order chi connectivity index (χ0) is 9.68. The number of rotatable bonds is 4. The van der Waals surface area contributed by atoms with E-state index in [2.05, 4.69) is 4.84 Å². The van der Waals surface area contributed by atoms with Gasteiger partial charge in [0, 0.05) is 5.92 Å². The minimum absolute atomic E-state index is 0.0258. The highest BCUT2D eigenvalue weighted by molar-refractivity contribution is 5.28. The van der Waals surface area contributed by atoms with E-state index >= 15 is 0 Å². The van der Waals surface area contributed by atoms with Crippen molar-refractivity contribution in [2.24, 2.45) is 5.90 Å². The van der Waals surface area contributed by atoms with Crippen molar-refractivity contribution in [3.05, 3.63) is 29.8 Å². The fourth-order valence-corrected chi connectivity index (χ4v) is 1.12. The van der Waals surface area contributed by atoms with Crippen LogP contribution in [-0.4, -0.2) is 23.4 Å². The van der Waals surface area contributed by atoms with E-state index in [0.717, 1.165) is 5.56 Å². The lowest BCUT2D eigenvalue weighted by Gasteiger charge is -2.12. The second-order valence-corrected chi connectivity index (χ2v) is 2.80. The Kier molecular flexibility index (Phi) is 3.70. The molecule has 0 aliphatic carbocycles. The van der Waals surface area contributed by atoms with Crippen LogP contribution in [0.5, 0.6) is 5.75 Å². The standard InChI is InChI=1S/C9H13NO3/c10-13-6-8(5-11)7-1-3-9(12)4-2-7/h1-4,8,11-12H,5-6,10H2. The third kappa shape index (κ3) is 2.69. The molecule has 0 saturated heterocycles. The Bertz CT molecular complexity index is 248. The molecule has 0 bridgehead atoms. The highest BCUT2D eigenvalue weighted by Gasteiger charge is 2.09. The summed E-state index contributed by atoms with van der Waals surface area (Å²) < 4.78 is 0. The summed E-state index contributed by atoms with van der Waals surface area (Å²) in [6, 6.07) is 6.59. The van der Waals surface area contributed by atoms with Crippen LogP contribution in [0.1, 0.15) is 11.5 Å². The van der Waals surface area contributed by atoms with Crippen LogP contribution in [0.15, 0.2) is 24.3 Å². The van der Waals surface area contributed by atoms with E-state index in [1.165, 1.54) is 0 Å². The molecule has 1 aromatic rings. The van der Waals surface area contributed by atoms with Gasteiger partial charge in [-0.1, -0.05) is 12.1 Å². The maximum atomic E-state index is 9.02. The molecule has 1 atom stereocenters. The van der Waals surface area contributed by atoms with Crippen LogP contribution in [0, 0.1) is 0 Å². The maximum absolute atomic E-state index is 9.02. The fourth-order valence-electron chi connectivity index (χ4n) is 1.12. The predicted molar refractivity (Wildman–Crippen MR) is 48.1 cm³/mol. The average molecular weight is 183 g/mol. The second-order valence-electron chi connectivity index (χ2n) is 2.80. The Morgan fingerprint density at radius 2 is 1.92 bits per heavy atom. The Hall–Kier alpha value is -1.10. The summed E-state index contributed by atoms with van der Waals surface area (Å²) in [5.41, 5.74) is 0.894. The molecule has 0 heterocycles. The van der Waals surface area contributed by atoms with E-state index in [0.29, 0.717) is 0 Å². The summed E-state index contributed by atoms with van der Waals surface area (Å²) in [5.74, 6) is 4.98. The first-order valence-electron chi connectivity index (χ1n) is 3.99. The summed E-state index contributed by atoms with van der Waals surface area (Å²) in [6.45, 7) is 0.239. The van der Waals surface area contributed by atoms with Gasteiger partial charge in [0.2, 0.25) is 0 Å². The quantitative estimate of drug-likeness (QED) is 0.589. The molecule has 0 aliphatic rings. The van der Waals surface area contributed by atoms with Crippen molar-refractivity contribution in [3.8, 4) is 5.75 Å². The number of phenols is 1. The predicted octanol–water partition coefficient (Wildman–Crippen LogP) is 0.358. The normalized spacial score (nSPS) is 12.8.